The number of ether oxygens (including phenoxy) is 2. The van der Waals surface area contributed by atoms with E-state index in [1.54, 1.807) is 7.11 Å². The van der Waals surface area contributed by atoms with Crippen LogP contribution in [0.1, 0.15) is 12.5 Å². The van der Waals surface area contributed by atoms with Crippen molar-refractivity contribution in [1.82, 2.24) is 0 Å². The van der Waals surface area contributed by atoms with E-state index in [0.717, 1.165) is 28.4 Å². The predicted molar refractivity (Wildman–Crippen MR) is 82.3 cm³/mol. The number of anilines is 2. The second kappa shape index (κ2) is 6.70. The number of nitrogens with one attached hydrogen (secondary N) is 1. The Morgan fingerprint density at radius 3 is 2.60 bits per heavy atom. The van der Waals surface area contributed by atoms with Gasteiger partial charge in [-0.25, -0.2) is 0 Å². The van der Waals surface area contributed by atoms with E-state index in [4.69, 9.17) is 15.2 Å². The third-order valence-electron chi connectivity index (χ3n) is 3.00. The standard InChI is InChI=1S/C16H20N2O2/c1-3-20-16-10-13(8-9-15(16)19-2)18-11-12-6-4-5-7-14(12)17/h4-10,18H,3,11,17H2,1-2H3. The molecule has 0 spiro atoms. The summed E-state index contributed by atoms with van der Waals surface area (Å²) in [4.78, 5) is 0. The average Bonchev–Trinajstić information content (AvgIpc) is 2.47. The fourth-order valence-electron chi connectivity index (χ4n) is 1.95. The first-order chi connectivity index (χ1) is 9.74. The largest absolute Gasteiger partial charge is 0.493 e. The molecule has 0 aromatic heterocycles. The van der Waals surface area contributed by atoms with Crippen LogP contribution in [0.25, 0.3) is 0 Å². The number of rotatable bonds is 6. The quantitative estimate of drug-likeness (QED) is 0.792. The summed E-state index contributed by atoms with van der Waals surface area (Å²) in [6.07, 6.45) is 0. The first-order valence-corrected chi connectivity index (χ1v) is 6.62. The van der Waals surface area contributed by atoms with Crippen LogP contribution in [0.3, 0.4) is 0 Å². The minimum absolute atomic E-state index is 0.603. The van der Waals surface area contributed by atoms with E-state index in [0.29, 0.717) is 13.2 Å². The number of methoxy groups -OCH3 is 1. The summed E-state index contributed by atoms with van der Waals surface area (Å²) < 4.78 is 10.8. The van der Waals surface area contributed by atoms with Gasteiger partial charge in [-0.3, -0.25) is 0 Å². The Hall–Kier alpha value is -2.36. The third-order valence-corrected chi connectivity index (χ3v) is 3.00. The molecule has 2 aromatic rings. The van der Waals surface area contributed by atoms with Crippen LogP contribution in [-0.2, 0) is 6.54 Å². The number of hydrogen-bond acceptors (Lipinski definition) is 4. The normalized spacial score (nSPS) is 10.1. The van der Waals surface area contributed by atoms with Crippen molar-refractivity contribution in [3.8, 4) is 11.5 Å². The zero-order valence-corrected chi connectivity index (χ0v) is 11.8. The fourth-order valence-corrected chi connectivity index (χ4v) is 1.95. The van der Waals surface area contributed by atoms with Crippen LogP contribution in [0.4, 0.5) is 11.4 Å². The molecule has 0 aliphatic heterocycles. The summed E-state index contributed by atoms with van der Waals surface area (Å²) in [5, 5.41) is 3.34. The summed E-state index contributed by atoms with van der Waals surface area (Å²) in [5.41, 5.74) is 8.75. The zero-order chi connectivity index (χ0) is 14.4. The molecule has 2 rings (SSSR count). The van der Waals surface area contributed by atoms with Crippen LogP contribution in [0.5, 0.6) is 11.5 Å². The molecular weight excluding hydrogens is 252 g/mol. The van der Waals surface area contributed by atoms with Crippen molar-refractivity contribution in [3.63, 3.8) is 0 Å². The van der Waals surface area contributed by atoms with Crippen molar-refractivity contribution in [2.75, 3.05) is 24.8 Å². The van der Waals surface area contributed by atoms with E-state index in [2.05, 4.69) is 5.32 Å². The van der Waals surface area contributed by atoms with Gasteiger partial charge in [0.25, 0.3) is 0 Å². The molecule has 0 saturated carbocycles. The van der Waals surface area contributed by atoms with Crippen molar-refractivity contribution in [3.05, 3.63) is 48.0 Å². The molecule has 0 aliphatic carbocycles. The van der Waals surface area contributed by atoms with Crippen LogP contribution < -0.4 is 20.5 Å². The first-order valence-electron chi connectivity index (χ1n) is 6.62. The van der Waals surface area contributed by atoms with E-state index in [9.17, 15) is 0 Å². The highest BCUT2D eigenvalue weighted by Crippen LogP contribution is 2.30. The van der Waals surface area contributed by atoms with Gasteiger partial charge < -0.3 is 20.5 Å². The Morgan fingerprint density at radius 2 is 1.90 bits per heavy atom. The van der Waals surface area contributed by atoms with Gasteiger partial charge in [0.2, 0.25) is 0 Å². The maximum Gasteiger partial charge on any atom is 0.163 e. The molecule has 3 N–H and O–H groups in total. The highest BCUT2D eigenvalue weighted by atomic mass is 16.5. The SMILES string of the molecule is CCOc1cc(NCc2ccccc2N)ccc1OC. The molecule has 4 nitrogen and oxygen atoms in total. The van der Waals surface area contributed by atoms with Gasteiger partial charge in [-0.1, -0.05) is 18.2 Å². The number of para-hydroxylation sites is 1. The van der Waals surface area contributed by atoms with Crippen molar-refractivity contribution in [2.45, 2.75) is 13.5 Å². The topological polar surface area (TPSA) is 56.5 Å². The van der Waals surface area contributed by atoms with Crippen LogP contribution in [0, 0.1) is 0 Å². The molecule has 106 valence electrons. The lowest BCUT2D eigenvalue weighted by molar-refractivity contribution is 0.311. The van der Waals surface area contributed by atoms with Gasteiger partial charge >= 0.3 is 0 Å². The Kier molecular flexibility index (Phi) is 4.71. The number of benzene rings is 2. The smallest absolute Gasteiger partial charge is 0.163 e. The maximum atomic E-state index is 5.92. The van der Waals surface area contributed by atoms with Crippen LogP contribution in [0.2, 0.25) is 0 Å². The zero-order valence-electron chi connectivity index (χ0n) is 11.8. The Bertz CT molecular complexity index is 570. The van der Waals surface area contributed by atoms with E-state index in [1.807, 2.05) is 49.4 Å². The molecule has 0 atom stereocenters. The van der Waals surface area contributed by atoms with Gasteiger partial charge in [0, 0.05) is 24.0 Å². The number of hydrogen-bond donors (Lipinski definition) is 2. The summed E-state index contributed by atoms with van der Waals surface area (Å²) in [5.74, 6) is 1.47. The summed E-state index contributed by atoms with van der Waals surface area (Å²) in [6.45, 7) is 3.22. The molecule has 0 fully saturated rings. The summed E-state index contributed by atoms with van der Waals surface area (Å²) in [6, 6.07) is 13.6. The number of nitrogens with two attached hydrogens (primary N) is 1. The van der Waals surface area contributed by atoms with Crippen molar-refractivity contribution < 1.29 is 9.47 Å². The second-order valence-electron chi connectivity index (χ2n) is 4.35. The lowest BCUT2D eigenvalue weighted by Gasteiger charge is -2.13. The molecule has 0 unspecified atom stereocenters. The molecule has 2 aromatic carbocycles. The number of nitrogen functional groups attached to an aromatic ring is 1. The molecule has 0 aliphatic rings. The minimum Gasteiger partial charge on any atom is -0.493 e. The highest BCUT2D eigenvalue weighted by Gasteiger charge is 2.05. The molecule has 0 amide bonds. The molecule has 20 heavy (non-hydrogen) atoms. The molecule has 4 heteroatoms. The Morgan fingerprint density at radius 1 is 1.10 bits per heavy atom. The van der Waals surface area contributed by atoms with Crippen LogP contribution >= 0.6 is 0 Å². The molecule has 0 saturated heterocycles. The molecule has 0 radical (unpaired) electrons. The predicted octanol–water partition coefficient (Wildman–Crippen LogP) is 3.29. The van der Waals surface area contributed by atoms with E-state index >= 15 is 0 Å². The summed E-state index contributed by atoms with van der Waals surface area (Å²) in [7, 11) is 1.63. The van der Waals surface area contributed by atoms with Crippen molar-refractivity contribution >= 4 is 11.4 Å². The van der Waals surface area contributed by atoms with Gasteiger partial charge in [0.05, 0.1) is 13.7 Å². The van der Waals surface area contributed by atoms with Gasteiger partial charge in [-0.15, -0.1) is 0 Å². The maximum absolute atomic E-state index is 5.92. The van der Waals surface area contributed by atoms with Gasteiger partial charge in [0.15, 0.2) is 11.5 Å². The fraction of sp³-hybridized carbons (Fsp3) is 0.250. The lowest BCUT2D eigenvalue weighted by atomic mass is 10.2. The van der Waals surface area contributed by atoms with Crippen LogP contribution in [-0.4, -0.2) is 13.7 Å². The minimum atomic E-state index is 0.603. The van der Waals surface area contributed by atoms with E-state index in [1.165, 1.54) is 0 Å². The Balaban J connectivity index is 2.10. The Labute approximate surface area is 119 Å². The molecular formula is C16H20N2O2. The van der Waals surface area contributed by atoms with Gasteiger partial charge in [-0.2, -0.15) is 0 Å². The first kappa shape index (κ1) is 14.1. The van der Waals surface area contributed by atoms with Crippen LogP contribution in [0.15, 0.2) is 42.5 Å². The molecule has 0 heterocycles. The average molecular weight is 272 g/mol. The molecule has 0 bridgehead atoms. The second-order valence-corrected chi connectivity index (χ2v) is 4.35. The van der Waals surface area contributed by atoms with E-state index in [-0.39, 0.29) is 0 Å². The van der Waals surface area contributed by atoms with Gasteiger partial charge in [0.1, 0.15) is 0 Å². The third kappa shape index (κ3) is 3.35. The van der Waals surface area contributed by atoms with E-state index < -0.39 is 0 Å². The van der Waals surface area contributed by atoms with Crippen molar-refractivity contribution in [1.29, 1.82) is 0 Å². The highest BCUT2D eigenvalue weighted by molar-refractivity contribution is 5.56. The van der Waals surface area contributed by atoms with Gasteiger partial charge in [-0.05, 0) is 30.7 Å². The monoisotopic (exact) mass is 272 g/mol. The van der Waals surface area contributed by atoms with Crippen molar-refractivity contribution in [2.24, 2.45) is 0 Å². The lowest BCUT2D eigenvalue weighted by Crippen LogP contribution is -2.03. The summed E-state index contributed by atoms with van der Waals surface area (Å²) >= 11 is 0.